The van der Waals surface area contributed by atoms with Crippen LogP contribution < -0.4 is 15.6 Å². The van der Waals surface area contributed by atoms with E-state index in [1.807, 2.05) is 6.92 Å². The van der Waals surface area contributed by atoms with Crippen molar-refractivity contribution in [2.24, 2.45) is 0 Å². The highest BCUT2D eigenvalue weighted by atomic mass is 19.3. The highest BCUT2D eigenvalue weighted by Gasteiger charge is 2.42. The number of methoxy groups -OCH3 is 1. The Morgan fingerprint density at radius 3 is 2.64 bits per heavy atom. The second kappa shape index (κ2) is 8.77. The summed E-state index contributed by atoms with van der Waals surface area (Å²) in [6.07, 6.45) is 1.02. The van der Waals surface area contributed by atoms with Crippen molar-refractivity contribution in [3.63, 3.8) is 0 Å². The van der Waals surface area contributed by atoms with Gasteiger partial charge < -0.3 is 10.1 Å². The van der Waals surface area contributed by atoms with Gasteiger partial charge >= 0.3 is 0 Å². The number of hydrogen-bond donors (Lipinski definition) is 1. The number of alkyl halides is 2. The smallest absolute Gasteiger partial charge is 0.264 e. The molecule has 2 aromatic heterocycles. The third-order valence-electron chi connectivity index (χ3n) is 6.15. The van der Waals surface area contributed by atoms with Gasteiger partial charge in [0, 0.05) is 29.9 Å². The molecular formula is C26H20F3N5O2. The first-order chi connectivity index (χ1) is 17.2. The van der Waals surface area contributed by atoms with Crippen LogP contribution in [0, 0.1) is 19.3 Å². The third-order valence-corrected chi connectivity index (χ3v) is 6.15. The number of benzene rings is 2. The van der Waals surface area contributed by atoms with Crippen molar-refractivity contribution < 1.29 is 17.9 Å². The molecule has 1 fully saturated rings. The lowest BCUT2D eigenvalue weighted by Gasteiger charge is -2.20. The monoisotopic (exact) mass is 491 g/mol. The van der Waals surface area contributed by atoms with Crippen LogP contribution in [0.5, 0.6) is 5.75 Å². The third kappa shape index (κ3) is 4.07. The predicted molar refractivity (Wildman–Crippen MR) is 128 cm³/mol. The zero-order chi connectivity index (χ0) is 25.6. The zero-order valence-corrected chi connectivity index (χ0v) is 19.3. The minimum Gasteiger partial charge on any atom is -0.494 e. The Kier molecular flexibility index (Phi) is 5.73. The Labute approximate surface area is 204 Å². The number of hydrogen-bond acceptors (Lipinski definition) is 5. The molecule has 36 heavy (non-hydrogen) atoms. The maximum absolute atomic E-state index is 14.6. The van der Waals surface area contributed by atoms with Crippen molar-refractivity contribution in [3.8, 4) is 22.6 Å². The van der Waals surface area contributed by atoms with E-state index in [4.69, 9.17) is 11.3 Å². The van der Waals surface area contributed by atoms with Gasteiger partial charge in [0.15, 0.2) is 17.3 Å². The Morgan fingerprint density at radius 2 is 2.03 bits per heavy atom. The van der Waals surface area contributed by atoms with Crippen molar-refractivity contribution in [2.75, 3.05) is 13.7 Å². The van der Waals surface area contributed by atoms with E-state index < -0.39 is 36.3 Å². The van der Waals surface area contributed by atoms with Crippen LogP contribution in [0.15, 0.2) is 53.5 Å². The first kappa shape index (κ1) is 23.5. The lowest BCUT2D eigenvalue weighted by molar-refractivity contribution is 0.0207. The molecule has 10 heteroatoms. The number of rotatable bonds is 4. The lowest BCUT2D eigenvalue weighted by atomic mass is 10.0. The Balaban J connectivity index is 1.85. The number of aryl methyl sites for hydroxylation is 1. The minimum atomic E-state index is -3.00. The van der Waals surface area contributed by atoms with Gasteiger partial charge in [-0.3, -0.25) is 14.3 Å². The summed E-state index contributed by atoms with van der Waals surface area (Å²) in [7, 11) is 1.31. The van der Waals surface area contributed by atoms with Gasteiger partial charge in [0.2, 0.25) is 0 Å². The highest BCUT2D eigenvalue weighted by molar-refractivity contribution is 5.96. The Hall–Kier alpha value is -4.23. The SMILES string of the molecule is [C-]#[N+]c1cc(-c2ccc(C)nc2)c2nc([C@@H]3CC(F)(F)CN3)n(-c3ccc(OC)c(F)c3)c(=O)c2c1. The molecule has 1 atom stereocenters. The molecule has 5 rings (SSSR count). The van der Waals surface area contributed by atoms with E-state index in [-0.39, 0.29) is 33.9 Å². The van der Waals surface area contributed by atoms with Crippen LogP contribution >= 0.6 is 0 Å². The molecule has 1 aliphatic rings. The van der Waals surface area contributed by atoms with Gasteiger partial charge in [-0.15, -0.1) is 0 Å². The molecule has 0 amide bonds. The van der Waals surface area contributed by atoms with Crippen molar-refractivity contribution in [1.82, 2.24) is 19.9 Å². The Morgan fingerprint density at radius 1 is 1.22 bits per heavy atom. The molecule has 1 N–H and O–H groups in total. The average Bonchev–Trinajstić information content (AvgIpc) is 3.23. The summed E-state index contributed by atoms with van der Waals surface area (Å²) in [5.41, 5.74) is 1.81. The molecular weight excluding hydrogens is 471 g/mol. The maximum atomic E-state index is 14.6. The van der Waals surface area contributed by atoms with Crippen molar-refractivity contribution in [1.29, 1.82) is 0 Å². The van der Waals surface area contributed by atoms with Gasteiger partial charge in [0.1, 0.15) is 5.82 Å². The maximum Gasteiger partial charge on any atom is 0.264 e. The second-order valence-corrected chi connectivity index (χ2v) is 8.61. The van der Waals surface area contributed by atoms with E-state index in [1.54, 1.807) is 24.4 Å². The minimum absolute atomic E-state index is 0.0196. The van der Waals surface area contributed by atoms with E-state index in [2.05, 4.69) is 20.1 Å². The van der Waals surface area contributed by atoms with Crippen LogP contribution in [0.3, 0.4) is 0 Å². The fourth-order valence-corrected chi connectivity index (χ4v) is 4.38. The van der Waals surface area contributed by atoms with Gasteiger partial charge in [0.05, 0.1) is 42.9 Å². The summed E-state index contributed by atoms with van der Waals surface area (Å²) in [6, 6.07) is 9.50. The van der Waals surface area contributed by atoms with Crippen LogP contribution in [0.2, 0.25) is 0 Å². The molecule has 0 saturated carbocycles. The molecule has 182 valence electrons. The predicted octanol–water partition coefficient (Wildman–Crippen LogP) is 5.12. The van der Waals surface area contributed by atoms with Crippen LogP contribution in [0.1, 0.15) is 24.0 Å². The average molecular weight is 491 g/mol. The molecule has 0 radical (unpaired) electrons. The molecule has 0 spiro atoms. The number of aromatic nitrogens is 3. The van der Waals surface area contributed by atoms with E-state index in [0.29, 0.717) is 11.1 Å². The van der Waals surface area contributed by atoms with Crippen molar-refractivity contribution >= 4 is 16.6 Å². The largest absolute Gasteiger partial charge is 0.494 e. The Bertz CT molecular complexity index is 1590. The summed E-state index contributed by atoms with van der Waals surface area (Å²) in [5, 5.41) is 2.84. The number of nitrogens with zero attached hydrogens (tertiary/aromatic N) is 4. The summed E-state index contributed by atoms with van der Waals surface area (Å²) in [6.45, 7) is 8.77. The topological polar surface area (TPSA) is 73.4 Å². The van der Waals surface area contributed by atoms with Gasteiger partial charge in [-0.2, -0.15) is 0 Å². The first-order valence-corrected chi connectivity index (χ1v) is 11.1. The molecule has 2 aromatic carbocycles. The molecule has 7 nitrogen and oxygen atoms in total. The molecule has 1 saturated heterocycles. The van der Waals surface area contributed by atoms with E-state index in [9.17, 15) is 18.0 Å². The van der Waals surface area contributed by atoms with Gasteiger partial charge in [-0.25, -0.2) is 23.0 Å². The summed E-state index contributed by atoms with van der Waals surface area (Å²) < 4.78 is 49.0. The number of fused-ring (bicyclic) bond motifs is 1. The highest BCUT2D eigenvalue weighted by Crippen LogP contribution is 2.37. The molecule has 0 aliphatic carbocycles. The molecule has 1 aliphatic heterocycles. The summed E-state index contributed by atoms with van der Waals surface area (Å²) in [5.74, 6) is -3.73. The van der Waals surface area contributed by atoms with E-state index in [0.717, 1.165) is 16.3 Å². The van der Waals surface area contributed by atoms with Gasteiger partial charge in [-0.05, 0) is 42.8 Å². The second-order valence-electron chi connectivity index (χ2n) is 8.61. The summed E-state index contributed by atoms with van der Waals surface area (Å²) in [4.78, 5) is 26.3. The standard InChI is InChI=1S/C26H20F3N5O2/c1-14-4-5-15(12-31-14)18-8-16(30-2)9-19-23(18)33-24(21-11-26(28,29)13-32-21)34(25(19)35)17-6-7-22(36-3)20(27)10-17/h4-10,12,21,32H,11,13H2,1,3H3/t21-/m0/s1. The normalized spacial score (nSPS) is 16.7. The number of pyridine rings is 1. The van der Waals surface area contributed by atoms with Crippen molar-refractivity contribution in [2.45, 2.75) is 25.3 Å². The van der Waals surface area contributed by atoms with E-state index in [1.165, 1.54) is 25.3 Å². The number of ether oxygens (including phenoxy) is 1. The quantitative estimate of drug-likeness (QED) is 0.401. The van der Waals surface area contributed by atoms with Crippen LogP contribution in [-0.2, 0) is 0 Å². The zero-order valence-electron chi connectivity index (χ0n) is 19.3. The number of halogens is 3. The van der Waals surface area contributed by atoms with Crippen LogP contribution in [0.25, 0.3) is 32.6 Å². The first-order valence-electron chi connectivity index (χ1n) is 11.1. The van der Waals surface area contributed by atoms with Gasteiger partial charge in [-0.1, -0.05) is 6.07 Å². The molecule has 4 aromatic rings. The number of nitrogens with one attached hydrogen (secondary N) is 1. The molecule has 0 unspecified atom stereocenters. The fraction of sp³-hybridized carbons (Fsp3) is 0.231. The van der Waals surface area contributed by atoms with Crippen molar-refractivity contribution in [3.05, 3.63) is 87.8 Å². The van der Waals surface area contributed by atoms with Gasteiger partial charge in [0.25, 0.3) is 11.5 Å². The molecule has 3 heterocycles. The van der Waals surface area contributed by atoms with E-state index >= 15 is 0 Å². The molecule has 0 bridgehead atoms. The summed E-state index contributed by atoms with van der Waals surface area (Å²) >= 11 is 0. The fourth-order valence-electron chi connectivity index (χ4n) is 4.38. The van der Waals surface area contributed by atoms with Crippen LogP contribution in [-0.4, -0.2) is 34.1 Å². The van der Waals surface area contributed by atoms with Crippen LogP contribution in [0.4, 0.5) is 18.9 Å². The lowest BCUT2D eigenvalue weighted by Crippen LogP contribution is -2.29.